The Kier molecular flexibility index (Phi) is 8.82. The maximum atomic E-state index is 15.0. The average Bonchev–Trinajstić information content (AvgIpc) is 3.77. The van der Waals surface area contributed by atoms with Crippen molar-refractivity contribution in [3.05, 3.63) is 79.9 Å². The van der Waals surface area contributed by atoms with Crippen LogP contribution in [-0.4, -0.2) is 89.4 Å². The van der Waals surface area contributed by atoms with Crippen LogP contribution in [0.3, 0.4) is 0 Å². The summed E-state index contributed by atoms with van der Waals surface area (Å²) in [7, 11) is 0. The molecule has 3 unspecified atom stereocenters. The number of aliphatic hydroxyl groups is 1. The van der Waals surface area contributed by atoms with E-state index >= 15 is 4.79 Å². The zero-order valence-corrected chi connectivity index (χ0v) is 27.4. The molecule has 1 aromatic heterocycles. The summed E-state index contributed by atoms with van der Waals surface area (Å²) < 4.78 is 0.836. The Bertz CT molecular complexity index is 1640. The molecule has 4 heterocycles. The van der Waals surface area contributed by atoms with Crippen LogP contribution in [0.15, 0.2) is 79.9 Å². The van der Waals surface area contributed by atoms with Crippen LogP contribution in [0.4, 0.5) is 5.69 Å². The number of amides is 3. The van der Waals surface area contributed by atoms with Gasteiger partial charge in [0.25, 0.3) is 0 Å². The Morgan fingerprint density at radius 2 is 1.78 bits per heavy atom. The summed E-state index contributed by atoms with van der Waals surface area (Å²) in [5, 5.41) is 19.1. The van der Waals surface area contributed by atoms with Gasteiger partial charge in [0.1, 0.15) is 18.2 Å². The summed E-state index contributed by atoms with van der Waals surface area (Å²) in [6.45, 7) is 14.2. The maximum absolute atomic E-state index is 15.0. The van der Waals surface area contributed by atoms with Crippen LogP contribution in [0.5, 0.6) is 0 Å². The summed E-state index contributed by atoms with van der Waals surface area (Å²) in [5.41, 5.74) is 2.24. The highest BCUT2D eigenvalue weighted by Gasteiger charge is 2.77. The van der Waals surface area contributed by atoms with Crippen LogP contribution in [-0.2, 0) is 21.1 Å². The van der Waals surface area contributed by atoms with Crippen molar-refractivity contribution in [1.29, 1.82) is 0 Å². The number of carbonyl (C=O) groups excluding carboxylic acids is 3. The second kappa shape index (κ2) is 12.7. The average molecular weight is 643 g/mol. The fourth-order valence-electron chi connectivity index (χ4n) is 7.97. The normalized spacial score (nSPS) is 27.2. The van der Waals surface area contributed by atoms with E-state index in [0.717, 1.165) is 11.2 Å². The second-order valence-corrected chi connectivity index (χ2v) is 14.5. The number of aromatic nitrogens is 3. The van der Waals surface area contributed by atoms with Crippen molar-refractivity contribution < 1.29 is 19.5 Å². The SMILES string of the molecule is C=CCN(Cn1nnc2ccccc21)C(=O)C1N([C@@H](CO)C(C)C)C(=O)[C@@H]2[C@H](C(=O)N(CC=C)c3ccccc3)[C@@H]3CC(C)C12S3. The number of likely N-dealkylation sites (tertiary alicyclic amines) is 1. The number of rotatable bonds is 12. The lowest BCUT2D eigenvalue weighted by molar-refractivity contribution is -0.147. The molecule has 10 nitrogen and oxygen atoms in total. The summed E-state index contributed by atoms with van der Waals surface area (Å²) >= 11 is 1.63. The number of thioether (sulfide) groups is 1. The van der Waals surface area contributed by atoms with Crippen LogP contribution >= 0.6 is 11.8 Å². The molecule has 46 heavy (non-hydrogen) atoms. The van der Waals surface area contributed by atoms with E-state index in [1.165, 1.54) is 0 Å². The minimum Gasteiger partial charge on any atom is -0.394 e. The van der Waals surface area contributed by atoms with Crippen molar-refractivity contribution >= 4 is 46.2 Å². The fraction of sp³-hybridized carbons (Fsp3) is 0.457. The molecule has 1 N–H and O–H groups in total. The van der Waals surface area contributed by atoms with E-state index < -0.39 is 28.7 Å². The van der Waals surface area contributed by atoms with E-state index in [4.69, 9.17) is 0 Å². The summed E-state index contributed by atoms with van der Waals surface area (Å²) in [5.74, 6) is -2.09. The van der Waals surface area contributed by atoms with Crippen molar-refractivity contribution in [2.24, 2.45) is 23.7 Å². The van der Waals surface area contributed by atoms with Gasteiger partial charge in [0, 0.05) is 24.0 Å². The zero-order valence-electron chi connectivity index (χ0n) is 26.6. The van der Waals surface area contributed by atoms with Crippen molar-refractivity contribution in [2.75, 3.05) is 24.6 Å². The molecule has 3 saturated heterocycles. The smallest absolute Gasteiger partial charge is 0.248 e. The first-order chi connectivity index (χ1) is 22.2. The molecule has 2 bridgehead atoms. The van der Waals surface area contributed by atoms with Gasteiger partial charge in [0.2, 0.25) is 17.7 Å². The van der Waals surface area contributed by atoms with Crippen molar-refractivity contribution in [2.45, 2.75) is 55.9 Å². The highest BCUT2D eigenvalue weighted by atomic mass is 32.2. The van der Waals surface area contributed by atoms with E-state index in [2.05, 4.69) is 30.4 Å². The second-order valence-electron chi connectivity index (χ2n) is 12.9. The standard InChI is InChI=1S/C35H42N6O4S/c1-6-17-38(21-40-26-16-12-11-15-25(26)36-37-40)34(45)31-35-23(5)19-28(46-35)29(30(35)33(44)41(31)27(20-42)22(3)4)32(43)39(18-7-2)24-13-9-8-10-14-24/h6-16,22-23,27-31,42H,1-2,17-21H2,3-5H3/t23?,27-,28-,29+,30-,31?,35?/m0/s1. The number of aliphatic hydroxyl groups excluding tert-OH is 1. The molecule has 1 spiro atoms. The number of hydrogen-bond donors (Lipinski definition) is 1. The molecule has 3 fully saturated rings. The topological polar surface area (TPSA) is 112 Å². The number of carbonyl (C=O) groups is 3. The van der Waals surface area contributed by atoms with Gasteiger partial charge in [-0.2, -0.15) is 0 Å². The quantitative estimate of drug-likeness (QED) is 0.298. The van der Waals surface area contributed by atoms with E-state index in [9.17, 15) is 14.7 Å². The number of fused-ring (bicyclic) bond motifs is 2. The number of benzene rings is 2. The van der Waals surface area contributed by atoms with Crippen LogP contribution in [0.2, 0.25) is 0 Å². The van der Waals surface area contributed by atoms with Crippen LogP contribution < -0.4 is 4.90 Å². The first kappa shape index (κ1) is 32.0. The lowest BCUT2D eigenvalue weighted by atomic mass is 9.65. The third-order valence-corrected chi connectivity index (χ3v) is 12.1. The molecule has 6 rings (SSSR count). The molecule has 11 heteroatoms. The summed E-state index contributed by atoms with van der Waals surface area (Å²) in [6, 6.07) is 15.5. The lowest BCUT2D eigenvalue weighted by Crippen LogP contribution is -2.60. The predicted octanol–water partition coefficient (Wildman–Crippen LogP) is 3.98. The van der Waals surface area contributed by atoms with Crippen LogP contribution in [0.25, 0.3) is 11.0 Å². The zero-order chi connectivity index (χ0) is 32.7. The van der Waals surface area contributed by atoms with E-state index in [1.807, 2.05) is 68.4 Å². The number of nitrogens with zero attached hydrogens (tertiary/aromatic N) is 6. The van der Waals surface area contributed by atoms with Crippen molar-refractivity contribution in [3.63, 3.8) is 0 Å². The van der Waals surface area contributed by atoms with Crippen molar-refractivity contribution in [1.82, 2.24) is 24.8 Å². The molecule has 3 amide bonds. The fourth-order valence-corrected chi connectivity index (χ4v) is 10.4. The summed E-state index contributed by atoms with van der Waals surface area (Å²) in [6.07, 6.45) is 4.07. The lowest BCUT2D eigenvalue weighted by Gasteiger charge is -2.42. The number of para-hydroxylation sites is 2. The molecule has 3 aromatic rings. The molecule has 242 valence electrons. The Morgan fingerprint density at radius 3 is 2.46 bits per heavy atom. The Morgan fingerprint density at radius 1 is 1.09 bits per heavy atom. The Hall–Kier alpha value is -3.96. The third-order valence-electron chi connectivity index (χ3n) is 10.0. The van der Waals surface area contributed by atoms with Crippen molar-refractivity contribution in [3.8, 4) is 0 Å². The van der Waals surface area contributed by atoms with Gasteiger partial charge in [-0.25, -0.2) is 4.68 Å². The van der Waals surface area contributed by atoms with Gasteiger partial charge in [-0.3, -0.25) is 14.4 Å². The van der Waals surface area contributed by atoms with Gasteiger partial charge in [-0.05, 0) is 42.5 Å². The van der Waals surface area contributed by atoms with E-state index in [1.54, 1.807) is 43.3 Å². The number of hydrogen-bond acceptors (Lipinski definition) is 7. The van der Waals surface area contributed by atoms with E-state index in [-0.39, 0.29) is 54.6 Å². The van der Waals surface area contributed by atoms with Gasteiger partial charge in [0.15, 0.2) is 0 Å². The molecule has 0 aliphatic carbocycles. The molecule has 3 aliphatic heterocycles. The van der Waals surface area contributed by atoms with Crippen LogP contribution in [0, 0.1) is 23.7 Å². The highest BCUT2D eigenvalue weighted by molar-refractivity contribution is 8.02. The molecule has 3 aliphatic rings. The molecule has 0 radical (unpaired) electrons. The van der Waals surface area contributed by atoms with Gasteiger partial charge in [0.05, 0.1) is 34.7 Å². The van der Waals surface area contributed by atoms with E-state index in [0.29, 0.717) is 18.5 Å². The largest absolute Gasteiger partial charge is 0.394 e. The Balaban J connectivity index is 1.44. The molecule has 0 saturated carbocycles. The maximum Gasteiger partial charge on any atom is 0.248 e. The molecular weight excluding hydrogens is 600 g/mol. The number of anilines is 1. The minimum absolute atomic E-state index is 0.0201. The van der Waals surface area contributed by atoms with Crippen LogP contribution in [0.1, 0.15) is 27.2 Å². The highest BCUT2D eigenvalue weighted by Crippen LogP contribution is 2.69. The molecular formula is C35H42N6O4S. The summed E-state index contributed by atoms with van der Waals surface area (Å²) in [4.78, 5) is 49.4. The van der Waals surface area contributed by atoms with Gasteiger partial charge < -0.3 is 19.8 Å². The first-order valence-electron chi connectivity index (χ1n) is 16.0. The molecule has 2 aromatic carbocycles. The van der Waals surface area contributed by atoms with Gasteiger partial charge in [-0.15, -0.1) is 30.0 Å². The third kappa shape index (κ3) is 4.95. The molecule has 7 atom stereocenters. The van der Waals surface area contributed by atoms with Gasteiger partial charge in [-0.1, -0.05) is 68.5 Å². The van der Waals surface area contributed by atoms with Gasteiger partial charge >= 0.3 is 0 Å². The minimum atomic E-state index is -0.883. The Labute approximate surface area is 274 Å². The predicted molar refractivity (Wildman–Crippen MR) is 180 cm³/mol. The monoisotopic (exact) mass is 642 g/mol. The first-order valence-corrected chi connectivity index (χ1v) is 16.8.